The van der Waals surface area contributed by atoms with Crippen LogP contribution >= 0.6 is 15.9 Å². The molecule has 0 bridgehead atoms. The van der Waals surface area contributed by atoms with Gasteiger partial charge in [-0.2, -0.15) is 0 Å². The zero-order chi connectivity index (χ0) is 11.4. The van der Waals surface area contributed by atoms with Crippen LogP contribution in [0.4, 0.5) is 0 Å². The zero-order valence-electron chi connectivity index (χ0n) is 9.93. The molecule has 1 unspecified atom stereocenters. The molecule has 3 heteroatoms. The highest BCUT2D eigenvalue weighted by atomic mass is 79.9. The van der Waals surface area contributed by atoms with E-state index < -0.39 is 6.10 Å². The summed E-state index contributed by atoms with van der Waals surface area (Å²) in [5, 5.41) is 9.92. The van der Waals surface area contributed by atoms with Gasteiger partial charge < -0.3 is 9.84 Å². The van der Waals surface area contributed by atoms with Crippen molar-refractivity contribution < 1.29 is 9.84 Å². The molecule has 0 radical (unpaired) electrons. The third-order valence-electron chi connectivity index (χ3n) is 1.80. The molecule has 0 heterocycles. The van der Waals surface area contributed by atoms with Crippen molar-refractivity contribution in [3.63, 3.8) is 0 Å². The van der Waals surface area contributed by atoms with Crippen molar-refractivity contribution in [2.45, 2.75) is 52.7 Å². The lowest BCUT2D eigenvalue weighted by atomic mass is 9.83. The van der Waals surface area contributed by atoms with Crippen LogP contribution < -0.4 is 0 Å². The lowest BCUT2D eigenvalue weighted by Gasteiger charge is -2.33. The van der Waals surface area contributed by atoms with Gasteiger partial charge in [-0.3, -0.25) is 0 Å². The van der Waals surface area contributed by atoms with Crippen LogP contribution in [0.2, 0.25) is 0 Å². The fraction of sp³-hybridized carbons (Fsp3) is 1.00. The second-order valence-electron chi connectivity index (χ2n) is 5.62. The van der Waals surface area contributed by atoms with Crippen molar-refractivity contribution in [3.05, 3.63) is 0 Å². The number of hydrogen-bond donors (Lipinski definition) is 1. The van der Waals surface area contributed by atoms with Gasteiger partial charge in [0.25, 0.3) is 0 Å². The summed E-state index contributed by atoms with van der Waals surface area (Å²) >= 11 is 3.21. The maximum atomic E-state index is 9.35. The Morgan fingerprint density at radius 2 is 1.71 bits per heavy atom. The number of aliphatic hydroxyl groups excluding tert-OH is 1. The minimum atomic E-state index is -0.408. The SMILES string of the molecule is CC(C)(C)CC(C)(C)OCC(O)CBr. The van der Waals surface area contributed by atoms with Gasteiger partial charge in [0.05, 0.1) is 18.3 Å². The number of aliphatic hydroxyl groups is 1. The van der Waals surface area contributed by atoms with E-state index in [1.807, 2.05) is 0 Å². The topological polar surface area (TPSA) is 29.5 Å². The summed E-state index contributed by atoms with van der Waals surface area (Å²) in [5.74, 6) is 0. The molecule has 0 aromatic rings. The van der Waals surface area contributed by atoms with Gasteiger partial charge in [0.1, 0.15) is 0 Å². The predicted octanol–water partition coefficient (Wildman–Crippen LogP) is 2.97. The third-order valence-corrected chi connectivity index (χ3v) is 2.55. The summed E-state index contributed by atoms with van der Waals surface area (Å²) in [6.45, 7) is 11.1. The molecule has 0 aromatic carbocycles. The number of ether oxygens (including phenoxy) is 1. The number of rotatable bonds is 5. The lowest BCUT2D eigenvalue weighted by Crippen LogP contribution is -2.33. The Morgan fingerprint density at radius 1 is 1.21 bits per heavy atom. The smallest absolute Gasteiger partial charge is 0.0870 e. The molecular weight excluding hydrogens is 244 g/mol. The number of alkyl halides is 1. The third kappa shape index (κ3) is 7.77. The minimum absolute atomic E-state index is 0.165. The first-order chi connectivity index (χ1) is 6.16. The maximum Gasteiger partial charge on any atom is 0.0870 e. The molecule has 0 saturated carbocycles. The second kappa shape index (κ2) is 5.47. The van der Waals surface area contributed by atoms with Gasteiger partial charge >= 0.3 is 0 Å². The molecule has 0 rings (SSSR count). The minimum Gasteiger partial charge on any atom is -0.390 e. The van der Waals surface area contributed by atoms with E-state index in [2.05, 4.69) is 50.5 Å². The fourth-order valence-corrected chi connectivity index (χ4v) is 1.88. The Morgan fingerprint density at radius 3 is 2.07 bits per heavy atom. The van der Waals surface area contributed by atoms with E-state index in [0.717, 1.165) is 6.42 Å². The van der Waals surface area contributed by atoms with Gasteiger partial charge in [-0.05, 0) is 25.7 Å². The zero-order valence-corrected chi connectivity index (χ0v) is 11.5. The molecule has 1 atom stereocenters. The summed E-state index contributed by atoms with van der Waals surface area (Å²) in [7, 11) is 0. The largest absolute Gasteiger partial charge is 0.390 e. The molecule has 0 aliphatic carbocycles. The number of hydrogen-bond acceptors (Lipinski definition) is 2. The first kappa shape index (κ1) is 14.4. The Hall–Kier alpha value is 0.400. The summed E-state index contributed by atoms with van der Waals surface area (Å²) in [4.78, 5) is 0. The van der Waals surface area contributed by atoms with Crippen molar-refractivity contribution in [3.8, 4) is 0 Å². The summed E-state index contributed by atoms with van der Waals surface area (Å²) in [6.07, 6.45) is 0.573. The molecule has 0 fully saturated rings. The van der Waals surface area contributed by atoms with Crippen LogP contribution in [-0.4, -0.2) is 28.7 Å². The highest BCUT2D eigenvalue weighted by molar-refractivity contribution is 9.09. The van der Waals surface area contributed by atoms with Crippen LogP contribution in [0.25, 0.3) is 0 Å². The van der Waals surface area contributed by atoms with E-state index >= 15 is 0 Å². The highest BCUT2D eigenvalue weighted by Gasteiger charge is 2.26. The standard InChI is InChI=1S/C11H23BrO2/c1-10(2,3)8-11(4,5)14-7-9(13)6-12/h9,13H,6-8H2,1-5H3. The predicted molar refractivity (Wildman–Crippen MR) is 63.9 cm³/mol. The molecule has 14 heavy (non-hydrogen) atoms. The summed E-state index contributed by atoms with van der Waals surface area (Å²) < 4.78 is 5.68. The molecule has 0 aliphatic heterocycles. The van der Waals surface area contributed by atoms with Gasteiger partial charge in [0.15, 0.2) is 0 Å². The molecule has 0 aromatic heterocycles. The second-order valence-corrected chi connectivity index (χ2v) is 6.26. The van der Waals surface area contributed by atoms with Crippen LogP contribution in [0, 0.1) is 5.41 Å². The van der Waals surface area contributed by atoms with Gasteiger partial charge in [0.2, 0.25) is 0 Å². The van der Waals surface area contributed by atoms with Gasteiger partial charge in [-0.15, -0.1) is 0 Å². The summed E-state index contributed by atoms with van der Waals surface area (Å²) in [5.41, 5.74) is 0.0876. The average Bonchev–Trinajstić information content (AvgIpc) is 1.96. The summed E-state index contributed by atoms with van der Waals surface area (Å²) in [6, 6.07) is 0. The lowest BCUT2D eigenvalue weighted by molar-refractivity contribution is -0.0721. The Balaban J connectivity index is 3.95. The van der Waals surface area contributed by atoms with Crippen molar-refractivity contribution in [2.75, 3.05) is 11.9 Å². The highest BCUT2D eigenvalue weighted by Crippen LogP contribution is 2.29. The van der Waals surface area contributed by atoms with Gasteiger partial charge in [-0.1, -0.05) is 36.7 Å². The van der Waals surface area contributed by atoms with Crippen molar-refractivity contribution in [1.29, 1.82) is 0 Å². The maximum absolute atomic E-state index is 9.35. The molecule has 86 valence electrons. The van der Waals surface area contributed by atoms with E-state index in [0.29, 0.717) is 11.9 Å². The first-order valence-corrected chi connectivity index (χ1v) is 6.16. The monoisotopic (exact) mass is 266 g/mol. The van der Waals surface area contributed by atoms with E-state index in [1.54, 1.807) is 0 Å². The Labute approximate surface area is 96.2 Å². The Kier molecular flexibility index (Phi) is 5.63. The van der Waals surface area contributed by atoms with Gasteiger partial charge in [-0.25, -0.2) is 0 Å². The average molecular weight is 267 g/mol. The van der Waals surface area contributed by atoms with Crippen molar-refractivity contribution in [2.24, 2.45) is 5.41 Å². The van der Waals surface area contributed by atoms with Crippen molar-refractivity contribution >= 4 is 15.9 Å². The molecule has 0 aliphatic rings. The molecule has 0 saturated heterocycles. The molecule has 0 spiro atoms. The van der Waals surface area contributed by atoms with Crippen LogP contribution in [-0.2, 0) is 4.74 Å². The van der Waals surface area contributed by atoms with Gasteiger partial charge in [0, 0.05) is 5.33 Å². The van der Waals surface area contributed by atoms with E-state index in [1.165, 1.54) is 0 Å². The normalized spacial score (nSPS) is 15.6. The van der Waals surface area contributed by atoms with Crippen LogP contribution in [0.5, 0.6) is 0 Å². The van der Waals surface area contributed by atoms with Crippen LogP contribution in [0.1, 0.15) is 41.0 Å². The molecule has 2 nitrogen and oxygen atoms in total. The van der Waals surface area contributed by atoms with Crippen LogP contribution in [0.15, 0.2) is 0 Å². The van der Waals surface area contributed by atoms with Crippen molar-refractivity contribution in [1.82, 2.24) is 0 Å². The van der Waals surface area contributed by atoms with Crippen LogP contribution in [0.3, 0.4) is 0 Å². The molecule has 1 N–H and O–H groups in total. The quantitative estimate of drug-likeness (QED) is 0.776. The first-order valence-electron chi connectivity index (χ1n) is 5.04. The van der Waals surface area contributed by atoms with E-state index in [-0.39, 0.29) is 11.0 Å². The molecular formula is C11H23BrO2. The van der Waals surface area contributed by atoms with E-state index in [4.69, 9.17) is 4.74 Å². The fourth-order valence-electron chi connectivity index (χ4n) is 1.69. The number of halogens is 1. The Bertz CT molecular complexity index is 161. The molecule has 0 amide bonds. The van der Waals surface area contributed by atoms with E-state index in [9.17, 15) is 5.11 Å².